The molecule has 1 heteroatoms. The summed E-state index contributed by atoms with van der Waals surface area (Å²) in [5.74, 6) is 0.575. The van der Waals surface area contributed by atoms with E-state index >= 15 is 0 Å². The molecule has 0 spiro atoms. The van der Waals surface area contributed by atoms with Crippen LogP contribution >= 0.6 is 0 Å². The maximum atomic E-state index is 9.71. The Morgan fingerprint density at radius 1 is 0.962 bits per heavy atom. The minimum atomic E-state index is 0.194. The molecular formula is C25H40O. The molecular weight excluding hydrogens is 316 g/mol. The lowest BCUT2D eigenvalue weighted by Crippen LogP contribution is -2.03. The van der Waals surface area contributed by atoms with Crippen LogP contribution in [0.25, 0.3) is 0 Å². The highest BCUT2D eigenvalue weighted by atomic mass is 16.3. The minimum Gasteiger partial charge on any atom is -0.392 e. The lowest BCUT2D eigenvalue weighted by molar-refractivity contribution is 0.325. The first-order valence-corrected chi connectivity index (χ1v) is 10.3. The molecule has 0 unspecified atom stereocenters. The normalized spacial score (nSPS) is 27.2. The predicted octanol–water partition coefficient (Wildman–Crippen LogP) is 7.46. The van der Waals surface area contributed by atoms with Gasteiger partial charge in [0, 0.05) is 0 Å². The lowest BCUT2D eigenvalue weighted by atomic mass is 9.88. The van der Waals surface area contributed by atoms with Crippen molar-refractivity contribution in [2.75, 3.05) is 6.61 Å². The fraction of sp³-hybridized carbons (Fsp3) is 0.600. The van der Waals surface area contributed by atoms with Gasteiger partial charge in [0.1, 0.15) is 0 Å². The lowest BCUT2D eigenvalue weighted by Gasteiger charge is -2.18. The Morgan fingerprint density at radius 2 is 1.62 bits per heavy atom. The number of hydrogen-bond acceptors (Lipinski definition) is 1. The van der Waals surface area contributed by atoms with Crippen LogP contribution in [0.4, 0.5) is 0 Å². The third kappa shape index (κ3) is 9.97. The van der Waals surface area contributed by atoms with E-state index in [1.165, 1.54) is 40.7 Å². The molecule has 0 aromatic heterocycles. The summed E-state index contributed by atoms with van der Waals surface area (Å²) in [4.78, 5) is 0. The molecule has 26 heavy (non-hydrogen) atoms. The molecule has 1 atom stereocenters. The largest absolute Gasteiger partial charge is 0.392 e. The molecule has 1 nitrogen and oxygen atoms in total. The van der Waals surface area contributed by atoms with Gasteiger partial charge in [-0.25, -0.2) is 0 Å². The molecule has 0 bridgehead atoms. The first kappa shape index (κ1) is 22.7. The van der Waals surface area contributed by atoms with Gasteiger partial charge in [0.2, 0.25) is 0 Å². The number of hydrogen-bond donors (Lipinski definition) is 1. The van der Waals surface area contributed by atoms with E-state index in [4.69, 9.17) is 0 Å². The molecule has 0 radical (unpaired) electrons. The van der Waals surface area contributed by atoms with Crippen molar-refractivity contribution in [2.24, 2.45) is 5.92 Å². The van der Waals surface area contributed by atoms with Crippen molar-refractivity contribution in [3.63, 3.8) is 0 Å². The van der Waals surface area contributed by atoms with Gasteiger partial charge in [-0.2, -0.15) is 0 Å². The van der Waals surface area contributed by atoms with Crippen LogP contribution < -0.4 is 0 Å². The number of aliphatic hydroxyl groups excluding tert-OH is 1. The third-order valence-corrected chi connectivity index (χ3v) is 5.38. The second-order valence-electron chi connectivity index (χ2n) is 8.14. The maximum Gasteiger partial charge on any atom is 0.0641 e. The number of allylic oxidation sites excluding steroid dienone is 9. The Morgan fingerprint density at radius 3 is 2.27 bits per heavy atom. The Hall–Kier alpha value is -1.34. The van der Waals surface area contributed by atoms with E-state index < -0.39 is 0 Å². The van der Waals surface area contributed by atoms with Crippen molar-refractivity contribution in [1.29, 1.82) is 0 Å². The average Bonchev–Trinajstić information content (AvgIpc) is 2.59. The number of rotatable bonds is 4. The molecule has 0 fully saturated rings. The summed E-state index contributed by atoms with van der Waals surface area (Å²) in [6.07, 6.45) is 20.5. The quantitative estimate of drug-likeness (QED) is 0.518. The van der Waals surface area contributed by atoms with Crippen molar-refractivity contribution < 1.29 is 5.11 Å². The van der Waals surface area contributed by atoms with Crippen LogP contribution in [0, 0.1) is 5.92 Å². The van der Waals surface area contributed by atoms with E-state index in [2.05, 4.69) is 65.0 Å². The second kappa shape index (κ2) is 12.9. The van der Waals surface area contributed by atoms with Gasteiger partial charge >= 0.3 is 0 Å². The van der Waals surface area contributed by atoms with Crippen LogP contribution in [0.5, 0.6) is 0 Å². The monoisotopic (exact) mass is 356 g/mol. The zero-order chi connectivity index (χ0) is 19.4. The molecule has 0 saturated heterocycles. The summed E-state index contributed by atoms with van der Waals surface area (Å²) in [7, 11) is 0. The molecule has 1 aliphatic carbocycles. The fourth-order valence-electron chi connectivity index (χ4n) is 3.39. The Labute approximate surface area is 162 Å². The molecule has 146 valence electrons. The van der Waals surface area contributed by atoms with Gasteiger partial charge in [0.15, 0.2) is 0 Å². The fourth-order valence-corrected chi connectivity index (χ4v) is 3.39. The van der Waals surface area contributed by atoms with Crippen LogP contribution in [-0.2, 0) is 0 Å². The number of aliphatic hydroxyl groups is 1. The Balaban J connectivity index is 2.93. The van der Waals surface area contributed by atoms with Crippen LogP contribution in [0.1, 0.15) is 86.0 Å². The maximum absolute atomic E-state index is 9.71. The van der Waals surface area contributed by atoms with Gasteiger partial charge in [-0.3, -0.25) is 0 Å². The summed E-state index contributed by atoms with van der Waals surface area (Å²) in [6.45, 7) is 11.3. The molecule has 0 heterocycles. The van der Waals surface area contributed by atoms with E-state index in [-0.39, 0.29) is 6.61 Å². The molecule has 1 rings (SSSR count). The zero-order valence-corrected chi connectivity index (χ0v) is 17.8. The first-order valence-electron chi connectivity index (χ1n) is 10.3. The summed E-state index contributed by atoms with van der Waals surface area (Å²) in [6, 6.07) is 0. The van der Waals surface area contributed by atoms with E-state index in [0.717, 1.165) is 38.5 Å². The third-order valence-electron chi connectivity index (χ3n) is 5.38. The zero-order valence-electron chi connectivity index (χ0n) is 17.8. The molecule has 0 saturated carbocycles. The predicted molar refractivity (Wildman–Crippen MR) is 116 cm³/mol. The van der Waals surface area contributed by atoms with Crippen LogP contribution in [-0.4, -0.2) is 11.7 Å². The summed E-state index contributed by atoms with van der Waals surface area (Å²) < 4.78 is 0. The van der Waals surface area contributed by atoms with Crippen molar-refractivity contribution in [2.45, 2.75) is 86.0 Å². The van der Waals surface area contributed by atoms with Gasteiger partial charge in [-0.15, -0.1) is 0 Å². The smallest absolute Gasteiger partial charge is 0.0641 e. The van der Waals surface area contributed by atoms with Crippen molar-refractivity contribution in [1.82, 2.24) is 0 Å². The van der Waals surface area contributed by atoms with Gasteiger partial charge in [-0.1, -0.05) is 52.7 Å². The molecule has 0 amide bonds. The van der Waals surface area contributed by atoms with E-state index in [1.807, 2.05) is 0 Å². The average molecular weight is 357 g/mol. The molecule has 0 aromatic rings. The molecule has 1 aliphatic rings. The highest BCUT2D eigenvalue weighted by molar-refractivity contribution is 5.14. The highest BCUT2D eigenvalue weighted by Crippen LogP contribution is 2.26. The Kier molecular flexibility index (Phi) is 11.3. The first-order chi connectivity index (χ1) is 12.4. The summed E-state index contributed by atoms with van der Waals surface area (Å²) in [5, 5.41) is 9.71. The molecule has 1 N–H and O–H groups in total. The van der Waals surface area contributed by atoms with Gasteiger partial charge < -0.3 is 5.11 Å². The SMILES string of the molecule is CC(C)=CC/C=C(\C)[C@H]1C/C=C(\CO)CC/C=C(/C)CC/C=C(\C)CC1. The van der Waals surface area contributed by atoms with Crippen molar-refractivity contribution in [3.05, 3.63) is 58.2 Å². The summed E-state index contributed by atoms with van der Waals surface area (Å²) >= 11 is 0. The summed E-state index contributed by atoms with van der Waals surface area (Å²) in [5.41, 5.74) is 7.06. The molecule has 0 aliphatic heterocycles. The van der Waals surface area contributed by atoms with Gasteiger partial charge in [0.25, 0.3) is 0 Å². The Bertz CT molecular complexity index is 565. The minimum absolute atomic E-state index is 0.194. The van der Waals surface area contributed by atoms with Gasteiger partial charge in [-0.05, 0) is 97.5 Å². The molecule has 0 aromatic carbocycles. The van der Waals surface area contributed by atoms with Crippen molar-refractivity contribution in [3.8, 4) is 0 Å². The van der Waals surface area contributed by atoms with E-state index in [1.54, 1.807) is 0 Å². The second-order valence-corrected chi connectivity index (χ2v) is 8.14. The van der Waals surface area contributed by atoms with E-state index in [9.17, 15) is 5.11 Å². The van der Waals surface area contributed by atoms with E-state index in [0.29, 0.717) is 5.92 Å². The van der Waals surface area contributed by atoms with Crippen LogP contribution in [0.15, 0.2) is 58.2 Å². The standard InChI is InChI=1S/C25H40O/c1-20(2)9-6-13-23(5)25-17-15-22(4)11-7-10-21(3)12-8-14-24(19-26)16-18-25/h9,11-13,16,25-26H,6-8,10,14-15,17-19H2,1-5H3/b21-12-,22-11+,23-13+,24-16-/t25-/m1/s1. The van der Waals surface area contributed by atoms with Crippen molar-refractivity contribution >= 4 is 0 Å². The highest BCUT2D eigenvalue weighted by Gasteiger charge is 2.11. The van der Waals surface area contributed by atoms with Crippen LogP contribution in [0.2, 0.25) is 0 Å². The topological polar surface area (TPSA) is 20.2 Å². The van der Waals surface area contributed by atoms with Crippen LogP contribution in [0.3, 0.4) is 0 Å². The van der Waals surface area contributed by atoms with Gasteiger partial charge in [0.05, 0.1) is 6.61 Å².